The van der Waals surface area contributed by atoms with Gasteiger partial charge in [0.15, 0.2) is 16.3 Å². The number of carbonyl (C=O) groups excluding carboxylic acids is 1. The minimum Gasteiger partial charge on any atom is -0.463 e. The molecule has 0 radical (unpaired) electrons. The summed E-state index contributed by atoms with van der Waals surface area (Å²) in [5, 5.41) is 0. The Hall–Kier alpha value is -4.38. The van der Waals surface area contributed by atoms with Crippen LogP contribution in [0, 0.1) is 0 Å². The summed E-state index contributed by atoms with van der Waals surface area (Å²) in [6, 6.07) is 10.3. The van der Waals surface area contributed by atoms with E-state index in [1.165, 1.54) is 11.3 Å². The standard InChI is InChI=1S/C29H28N4O6S/c1-5-7-18-24(27(35)37-6-2)25(17-9-11-21-22(14-17)39-15-38-21)33-26(34)23(40-28(33)30-18)13-16-8-10-19-20(12-16)32(4)29(36)31(19)3/h8-14,25H,5-7,15H2,1-4H3/b23-13+/t25-/m1/s1. The van der Waals surface area contributed by atoms with Gasteiger partial charge in [-0.1, -0.05) is 36.8 Å². The van der Waals surface area contributed by atoms with Crippen LogP contribution in [0.15, 0.2) is 62.2 Å². The molecule has 0 spiro atoms. The Labute approximate surface area is 232 Å². The highest BCUT2D eigenvalue weighted by molar-refractivity contribution is 7.07. The van der Waals surface area contributed by atoms with Crippen LogP contribution in [0.3, 0.4) is 0 Å². The summed E-state index contributed by atoms with van der Waals surface area (Å²) in [6.07, 6.45) is 3.12. The third kappa shape index (κ3) is 4.08. The molecular weight excluding hydrogens is 532 g/mol. The Morgan fingerprint density at radius 1 is 1.07 bits per heavy atom. The summed E-state index contributed by atoms with van der Waals surface area (Å²) >= 11 is 1.27. The molecule has 6 rings (SSSR count). The Morgan fingerprint density at radius 2 is 1.85 bits per heavy atom. The van der Waals surface area contributed by atoms with Crippen molar-refractivity contribution in [3.8, 4) is 11.5 Å². The number of carbonyl (C=O) groups is 1. The maximum Gasteiger partial charge on any atom is 0.338 e. The lowest BCUT2D eigenvalue weighted by Crippen LogP contribution is -2.40. The largest absolute Gasteiger partial charge is 0.463 e. The van der Waals surface area contributed by atoms with Gasteiger partial charge in [-0.3, -0.25) is 18.5 Å². The summed E-state index contributed by atoms with van der Waals surface area (Å²) in [4.78, 5) is 45.1. The van der Waals surface area contributed by atoms with Crippen molar-refractivity contribution in [1.82, 2.24) is 13.7 Å². The van der Waals surface area contributed by atoms with Crippen LogP contribution in [-0.2, 0) is 23.6 Å². The molecule has 1 atom stereocenters. The number of thiazole rings is 1. The molecule has 0 fully saturated rings. The molecule has 0 N–H and O–H groups in total. The van der Waals surface area contributed by atoms with E-state index >= 15 is 0 Å². The SMILES string of the molecule is CCCC1=C(C(=O)OCC)[C@@H](c2ccc3c(c2)OCO3)n2c(s/c(=C/c3ccc4c(c3)n(C)c(=O)n4C)c2=O)=N1. The molecule has 4 heterocycles. The molecule has 4 aromatic rings. The van der Waals surface area contributed by atoms with Crippen LogP contribution in [-0.4, -0.2) is 33.1 Å². The Kier molecular flexibility index (Phi) is 6.46. The first-order valence-corrected chi connectivity index (χ1v) is 13.9. The number of hydrogen-bond donors (Lipinski definition) is 0. The number of aryl methyl sites for hydroxylation is 2. The maximum absolute atomic E-state index is 14.0. The van der Waals surface area contributed by atoms with E-state index in [0.717, 1.165) is 23.0 Å². The van der Waals surface area contributed by atoms with Gasteiger partial charge in [-0.2, -0.15) is 0 Å². The molecule has 2 aliphatic heterocycles. The highest BCUT2D eigenvalue weighted by Gasteiger charge is 2.35. The number of rotatable bonds is 6. The fourth-order valence-electron chi connectivity index (χ4n) is 5.28. The molecule has 0 amide bonds. The van der Waals surface area contributed by atoms with E-state index in [0.29, 0.717) is 44.1 Å². The summed E-state index contributed by atoms with van der Waals surface area (Å²) in [6.45, 7) is 4.08. The zero-order chi connectivity index (χ0) is 28.1. The van der Waals surface area contributed by atoms with Gasteiger partial charge in [-0.05, 0) is 54.8 Å². The fraction of sp³-hybridized carbons (Fsp3) is 0.310. The van der Waals surface area contributed by atoms with Gasteiger partial charge in [-0.15, -0.1) is 0 Å². The first kappa shape index (κ1) is 25.9. The third-order valence-electron chi connectivity index (χ3n) is 7.20. The van der Waals surface area contributed by atoms with Gasteiger partial charge in [-0.25, -0.2) is 14.6 Å². The molecule has 11 heteroatoms. The lowest BCUT2D eigenvalue weighted by Gasteiger charge is -2.25. The van der Waals surface area contributed by atoms with Crippen LogP contribution in [0.25, 0.3) is 17.1 Å². The van der Waals surface area contributed by atoms with Gasteiger partial charge >= 0.3 is 11.7 Å². The third-order valence-corrected chi connectivity index (χ3v) is 8.18. The molecule has 0 unspecified atom stereocenters. The molecule has 0 saturated carbocycles. The van der Waals surface area contributed by atoms with Gasteiger partial charge < -0.3 is 14.2 Å². The van der Waals surface area contributed by atoms with Crippen molar-refractivity contribution in [2.45, 2.75) is 32.7 Å². The number of imidazole rings is 1. The molecule has 0 bridgehead atoms. The normalized spacial score (nSPS) is 16.4. The average Bonchev–Trinajstić information content (AvgIpc) is 3.60. The van der Waals surface area contributed by atoms with Crippen LogP contribution < -0.4 is 30.1 Å². The first-order valence-electron chi connectivity index (χ1n) is 13.1. The number of aromatic nitrogens is 3. The number of ether oxygens (including phenoxy) is 3. The Balaban J connectivity index is 1.57. The second-order valence-electron chi connectivity index (χ2n) is 9.68. The first-order chi connectivity index (χ1) is 19.3. The molecule has 2 aliphatic rings. The van der Waals surface area contributed by atoms with Crippen molar-refractivity contribution in [3.05, 3.63) is 89.0 Å². The van der Waals surface area contributed by atoms with Crippen molar-refractivity contribution >= 4 is 34.4 Å². The van der Waals surface area contributed by atoms with E-state index in [1.54, 1.807) is 46.9 Å². The van der Waals surface area contributed by atoms with Crippen LogP contribution in [0.2, 0.25) is 0 Å². The van der Waals surface area contributed by atoms with Crippen molar-refractivity contribution in [3.63, 3.8) is 0 Å². The molecule has 2 aromatic heterocycles. The molecule has 0 aliphatic carbocycles. The van der Waals surface area contributed by atoms with Crippen LogP contribution in [0.5, 0.6) is 11.5 Å². The highest BCUT2D eigenvalue weighted by Crippen LogP contribution is 2.38. The Bertz CT molecular complexity index is 1960. The van der Waals surface area contributed by atoms with E-state index in [1.807, 2.05) is 37.3 Å². The number of hydrogen-bond acceptors (Lipinski definition) is 8. The van der Waals surface area contributed by atoms with Crippen LogP contribution >= 0.6 is 11.3 Å². The van der Waals surface area contributed by atoms with Crippen molar-refractivity contribution < 1.29 is 19.0 Å². The van der Waals surface area contributed by atoms with Gasteiger partial charge in [0.1, 0.15) is 0 Å². The summed E-state index contributed by atoms with van der Waals surface area (Å²) in [5.41, 5.74) is 3.61. The van der Waals surface area contributed by atoms with Gasteiger partial charge in [0.05, 0.1) is 39.5 Å². The number of nitrogens with zero attached hydrogens (tertiary/aromatic N) is 4. The van der Waals surface area contributed by atoms with Crippen LogP contribution in [0.1, 0.15) is 43.9 Å². The molecule has 2 aromatic carbocycles. The fourth-order valence-corrected chi connectivity index (χ4v) is 6.30. The monoisotopic (exact) mass is 560 g/mol. The van der Waals surface area contributed by atoms with Gasteiger partial charge in [0.25, 0.3) is 5.56 Å². The quantitative estimate of drug-likeness (QED) is 0.336. The average molecular weight is 561 g/mol. The number of esters is 1. The summed E-state index contributed by atoms with van der Waals surface area (Å²) < 4.78 is 21.8. The Morgan fingerprint density at radius 3 is 2.62 bits per heavy atom. The number of fused-ring (bicyclic) bond motifs is 3. The van der Waals surface area contributed by atoms with Gasteiger partial charge in [0, 0.05) is 14.1 Å². The van der Waals surface area contributed by atoms with Crippen molar-refractivity contribution in [1.29, 1.82) is 0 Å². The minimum absolute atomic E-state index is 0.112. The van der Waals surface area contributed by atoms with E-state index in [9.17, 15) is 14.4 Å². The van der Waals surface area contributed by atoms with E-state index in [2.05, 4.69) is 0 Å². The van der Waals surface area contributed by atoms with E-state index in [-0.39, 0.29) is 24.6 Å². The summed E-state index contributed by atoms with van der Waals surface area (Å²) in [7, 11) is 3.45. The maximum atomic E-state index is 14.0. The lowest BCUT2D eigenvalue weighted by molar-refractivity contribution is -0.139. The zero-order valence-corrected chi connectivity index (χ0v) is 23.4. The predicted molar refractivity (Wildman–Crippen MR) is 150 cm³/mol. The second-order valence-corrected chi connectivity index (χ2v) is 10.7. The highest BCUT2D eigenvalue weighted by atomic mass is 32.1. The summed E-state index contributed by atoms with van der Waals surface area (Å²) in [5.74, 6) is 0.665. The molecule has 206 valence electrons. The predicted octanol–water partition coefficient (Wildman–Crippen LogP) is 2.50. The zero-order valence-electron chi connectivity index (χ0n) is 22.6. The lowest BCUT2D eigenvalue weighted by atomic mass is 9.94. The van der Waals surface area contributed by atoms with E-state index < -0.39 is 12.0 Å². The van der Waals surface area contributed by atoms with Crippen molar-refractivity contribution in [2.24, 2.45) is 19.1 Å². The van der Waals surface area contributed by atoms with Crippen LogP contribution in [0.4, 0.5) is 0 Å². The molecule has 40 heavy (non-hydrogen) atoms. The molecule has 0 saturated heterocycles. The van der Waals surface area contributed by atoms with Crippen molar-refractivity contribution in [2.75, 3.05) is 13.4 Å². The second kappa shape index (κ2) is 9.98. The molecular formula is C29H28N4O6S. The number of allylic oxidation sites excluding steroid dienone is 1. The van der Waals surface area contributed by atoms with Gasteiger partial charge in [0.2, 0.25) is 6.79 Å². The number of benzene rings is 2. The topological polar surface area (TPSA) is 106 Å². The smallest absolute Gasteiger partial charge is 0.338 e. The van der Waals surface area contributed by atoms with E-state index in [4.69, 9.17) is 19.2 Å². The minimum atomic E-state index is -0.745. The molecule has 10 nitrogen and oxygen atoms in total.